The van der Waals surface area contributed by atoms with Crippen molar-refractivity contribution in [3.05, 3.63) is 23.8 Å². The van der Waals surface area contributed by atoms with Gasteiger partial charge in [-0.3, -0.25) is 4.79 Å². The monoisotopic (exact) mass is 292 g/mol. The number of carbonyl (C=O) groups is 1. The first-order valence-corrected chi connectivity index (χ1v) is 7.28. The predicted molar refractivity (Wildman–Crippen MR) is 77.8 cm³/mol. The molecule has 1 fully saturated rings. The highest BCUT2D eigenvalue weighted by atomic mass is 32.1. The number of nitrogens with two attached hydrogens (primary N) is 1. The third-order valence-corrected chi connectivity index (χ3v) is 3.91. The number of nitrogen functional groups attached to an aromatic ring is 1. The molecule has 3 rings (SSSR count). The Labute approximate surface area is 120 Å². The van der Waals surface area contributed by atoms with Crippen molar-refractivity contribution in [2.24, 2.45) is 0 Å². The van der Waals surface area contributed by atoms with Crippen LogP contribution in [0.2, 0.25) is 0 Å². The Bertz CT molecular complexity index is 589. The van der Waals surface area contributed by atoms with E-state index in [2.05, 4.69) is 25.0 Å². The van der Waals surface area contributed by atoms with Crippen molar-refractivity contribution in [2.45, 2.75) is 25.3 Å². The number of aromatic amines is 1. The molecule has 0 unspecified atom stereocenters. The number of nitrogens with one attached hydrogen (secondary N) is 3. The molecule has 1 saturated carbocycles. The zero-order valence-electron chi connectivity index (χ0n) is 10.8. The normalized spacial score (nSPS) is 14.2. The molecule has 2 aromatic rings. The van der Waals surface area contributed by atoms with E-state index < -0.39 is 0 Å². The molecule has 1 aliphatic rings. The molecule has 2 aromatic heterocycles. The Balaban J connectivity index is 1.62. The third kappa shape index (κ3) is 2.90. The molecule has 0 aromatic carbocycles. The second-order valence-corrected chi connectivity index (χ2v) is 5.55. The molecule has 0 saturated heterocycles. The van der Waals surface area contributed by atoms with E-state index in [0.29, 0.717) is 18.2 Å². The quantitative estimate of drug-likeness (QED) is 0.635. The third-order valence-electron chi connectivity index (χ3n) is 3.09. The molecule has 0 radical (unpaired) electrons. The van der Waals surface area contributed by atoms with Crippen LogP contribution in [0.4, 0.5) is 10.8 Å². The molecular formula is C12H16N6OS. The molecule has 7 nitrogen and oxygen atoms in total. The Morgan fingerprint density at radius 2 is 2.40 bits per heavy atom. The standard InChI is InChI=1S/C12H16N6OS/c13-10-9(11(19)17-7-1-2-7)12(20-18-10)15-4-3-8-5-14-6-16-8/h5-7,15H,1-4H2,(H2,13,18)(H,14,16)(H,17,19). The minimum atomic E-state index is -0.136. The van der Waals surface area contributed by atoms with Crippen LogP contribution in [0, 0.1) is 0 Å². The smallest absolute Gasteiger partial charge is 0.258 e. The van der Waals surface area contributed by atoms with Gasteiger partial charge in [0.05, 0.1) is 6.33 Å². The molecule has 1 amide bonds. The van der Waals surface area contributed by atoms with Crippen LogP contribution in [0.5, 0.6) is 0 Å². The highest BCUT2D eigenvalue weighted by Gasteiger charge is 2.27. The number of nitrogens with zero attached hydrogens (tertiary/aromatic N) is 2. The molecule has 20 heavy (non-hydrogen) atoms. The highest BCUT2D eigenvalue weighted by molar-refractivity contribution is 7.11. The van der Waals surface area contributed by atoms with Gasteiger partial charge in [-0.1, -0.05) is 0 Å². The number of hydrogen-bond acceptors (Lipinski definition) is 6. The van der Waals surface area contributed by atoms with Crippen LogP contribution in [0.15, 0.2) is 12.5 Å². The van der Waals surface area contributed by atoms with Crippen LogP contribution in [0.25, 0.3) is 0 Å². The van der Waals surface area contributed by atoms with E-state index in [4.69, 9.17) is 5.73 Å². The van der Waals surface area contributed by atoms with E-state index in [1.54, 1.807) is 12.5 Å². The fourth-order valence-corrected chi connectivity index (χ4v) is 2.60. The molecule has 106 valence electrons. The van der Waals surface area contributed by atoms with Crippen molar-refractivity contribution in [3.63, 3.8) is 0 Å². The van der Waals surface area contributed by atoms with Crippen molar-refractivity contribution in [1.29, 1.82) is 0 Å². The van der Waals surface area contributed by atoms with Crippen molar-refractivity contribution in [3.8, 4) is 0 Å². The number of imidazole rings is 1. The van der Waals surface area contributed by atoms with E-state index in [1.165, 1.54) is 11.5 Å². The lowest BCUT2D eigenvalue weighted by molar-refractivity contribution is 0.0953. The average Bonchev–Trinajstić information content (AvgIpc) is 2.95. The fraction of sp³-hybridized carbons (Fsp3) is 0.417. The number of amides is 1. The molecule has 5 N–H and O–H groups in total. The van der Waals surface area contributed by atoms with E-state index in [1.807, 2.05) is 0 Å². The molecule has 2 heterocycles. The summed E-state index contributed by atoms with van der Waals surface area (Å²) in [5.74, 6) is 0.153. The summed E-state index contributed by atoms with van der Waals surface area (Å²) in [6, 6.07) is 0.305. The van der Waals surface area contributed by atoms with Gasteiger partial charge < -0.3 is 21.4 Å². The van der Waals surface area contributed by atoms with Gasteiger partial charge in [-0.2, -0.15) is 4.37 Å². The van der Waals surface area contributed by atoms with Crippen LogP contribution in [-0.4, -0.2) is 32.8 Å². The van der Waals surface area contributed by atoms with Crippen molar-refractivity contribution >= 4 is 28.3 Å². The molecule has 8 heteroatoms. The van der Waals surface area contributed by atoms with Crippen molar-refractivity contribution in [1.82, 2.24) is 19.7 Å². The summed E-state index contributed by atoms with van der Waals surface area (Å²) < 4.78 is 4.06. The molecular weight excluding hydrogens is 276 g/mol. The molecule has 0 atom stereocenters. The van der Waals surface area contributed by atoms with Gasteiger partial charge in [0.15, 0.2) is 5.82 Å². The second kappa shape index (κ2) is 5.49. The zero-order valence-corrected chi connectivity index (χ0v) is 11.7. The topological polar surface area (TPSA) is 109 Å². The van der Waals surface area contributed by atoms with E-state index in [9.17, 15) is 4.79 Å². The lowest BCUT2D eigenvalue weighted by Crippen LogP contribution is -2.26. The van der Waals surface area contributed by atoms with Crippen LogP contribution in [0.3, 0.4) is 0 Å². The highest BCUT2D eigenvalue weighted by Crippen LogP contribution is 2.28. The van der Waals surface area contributed by atoms with Crippen LogP contribution in [0.1, 0.15) is 28.9 Å². The summed E-state index contributed by atoms with van der Waals surface area (Å²) in [4.78, 5) is 19.1. The van der Waals surface area contributed by atoms with Gasteiger partial charge in [0.1, 0.15) is 10.6 Å². The molecule has 0 aliphatic heterocycles. The van der Waals surface area contributed by atoms with E-state index in [-0.39, 0.29) is 11.7 Å². The van der Waals surface area contributed by atoms with Crippen molar-refractivity contribution in [2.75, 3.05) is 17.6 Å². The maximum absolute atomic E-state index is 12.1. The fourth-order valence-electron chi connectivity index (χ4n) is 1.86. The van der Waals surface area contributed by atoms with E-state index in [0.717, 1.165) is 30.0 Å². The molecule has 0 bridgehead atoms. The number of aromatic nitrogens is 3. The van der Waals surface area contributed by atoms with E-state index >= 15 is 0 Å². The van der Waals surface area contributed by atoms with Gasteiger partial charge in [-0.25, -0.2) is 4.98 Å². The maximum atomic E-state index is 12.1. The summed E-state index contributed by atoms with van der Waals surface area (Å²) in [5, 5.41) is 6.87. The first-order chi connectivity index (χ1) is 9.74. The first-order valence-electron chi connectivity index (χ1n) is 6.51. The largest absolute Gasteiger partial charge is 0.382 e. The number of anilines is 2. The SMILES string of the molecule is Nc1nsc(NCCc2cnc[nH]2)c1C(=O)NC1CC1. The zero-order chi connectivity index (χ0) is 13.9. The summed E-state index contributed by atoms with van der Waals surface area (Å²) in [5.41, 5.74) is 7.29. The Morgan fingerprint density at radius 3 is 3.10 bits per heavy atom. The first kappa shape index (κ1) is 12.9. The Kier molecular flexibility index (Phi) is 3.55. The van der Waals surface area contributed by atoms with Crippen LogP contribution in [-0.2, 0) is 6.42 Å². The van der Waals surface area contributed by atoms with Gasteiger partial charge in [0.25, 0.3) is 5.91 Å². The van der Waals surface area contributed by atoms with Crippen LogP contribution < -0.4 is 16.4 Å². The van der Waals surface area contributed by atoms with Gasteiger partial charge in [0.2, 0.25) is 0 Å². The second-order valence-electron chi connectivity index (χ2n) is 4.77. The summed E-state index contributed by atoms with van der Waals surface area (Å²) >= 11 is 1.22. The predicted octanol–water partition coefficient (Wildman–Crippen LogP) is 0.995. The number of carbonyl (C=O) groups excluding carboxylic acids is 1. The Morgan fingerprint density at radius 1 is 1.55 bits per heavy atom. The molecule has 1 aliphatic carbocycles. The summed E-state index contributed by atoms with van der Waals surface area (Å²) in [6.45, 7) is 0.688. The van der Waals surface area contributed by atoms with Gasteiger partial charge in [-0.15, -0.1) is 0 Å². The van der Waals surface area contributed by atoms with Crippen molar-refractivity contribution < 1.29 is 4.79 Å². The van der Waals surface area contributed by atoms with Crippen LogP contribution >= 0.6 is 11.5 Å². The minimum absolute atomic E-state index is 0.136. The van der Waals surface area contributed by atoms with Gasteiger partial charge >= 0.3 is 0 Å². The molecule has 0 spiro atoms. The average molecular weight is 292 g/mol. The van der Waals surface area contributed by atoms with Gasteiger partial charge in [0, 0.05) is 30.9 Å². The summed E-state index contributed by atoms with van der Waals surface area (Å²) in [6.07, 6.45) is 6.32. The number of hydrogen-bond donors (Lipinski definition) is 4. The van der Waals surface area contributed by atoms with Gasteiger partial charge in [-0.05, 0) is 24.4 Å². The number of rotatable bonds is 6. The Hall–Kier alpha value is -2.09. The summed E-state index contributed by atoms with van der Waals surface area (Å²) in [7, 11) is 0. The lowest BCUT2D eigenvalue weighted by Gasteiger charge is -2.07. The maximum Gasteiger partial charge on any atom is 0.258 e. The minimum Gasteiger partial charge on any atom is -0.382 e. The lowest BCUT2D eigenvalue weighted by atomic mass is 10.2. The number of H-pyrrole nitrogens is 1.